The number of benzene rings is 1. The van der Waals surface area contributed by atoms with E-state index in [-0.39, 0.29) is 0 Å². The van der Waals surface area contributed by atoms with Crippen LogP contribution < -0.4 is 5.32 Å². The number of rotatable bonds is 5. The molecule has 1 aromatic carbocycles. The summed E-state index contributed by atoms with van der Waals surface area (Å²) in [5, 5.41) is 14.1. The number of nitriles is 1. The second-order valence-corrected chi connectivity index (χ2v) is 5.26. The predicted octanol–water partition coefficient (Wildman–Crippen LogP) is 3.26. The lowest BCUT2D eigenvalue weighted by atomic mass is 10.1. The Kier molecular flexibility index (Phi) is 4.52. The van der Waals surface area contributed by atoms with Crippen molar-refractivity contribution in [1.29, 1.82) is 5.26 Å². The Labute approximate surface area is 112 Å². The van der Waals surface area contributed by atoms with Gasteiger partial charge in [-0.15, -0.1) is 11.3 Å². The molecule has 0 aliphatic heterocycles. The number of nitrogens with one attached hydrogen (secondary N) is 1. The summed E-state index contributed by atoms with van der Waals surface area (Å²) in [5.41, 5.74) is 3.51. The SMILES string of the molecule is Cc1ccccc1CCNCc1cc(C#N)cs1. The fraction of sp³-hybridized carbons (Fsp3) is 0.267. The molecule has 2 rings (SSSR count). The molecular weight excluding hydrogens is 240 g/mol. The summed E-state index contributed by atoms with van der Waals surface area (Å²) in [6.07, 6.45) is 1.04. The zero-order valence-corrected chi connectivity index (χ0v) is 11.3. The molecule has 1 heterocycles. The van der Waals surface area contributed by atoms with Crippen LogP contribution in [0.15, 0.2) is 35.7 Å². The maximum Gasteiger partial charge on any atom is 0.100 e. The highest BCUT2D eigenvalue weighted by molar-refractivity contribution is 7.10. The zero-order valence-electron chi connectivity index (χ0n) is 10.4. The molecule has 0 amide bonds. The molecule has 2 nitrogen and oxygen atoms in total. The molecule has 3 heteroatoms. The topological polar surface area (TPSA) is 35.8 Å². The predicted molar refractivity (Wildman–Crippen MR) is 75.6 cm³/mol. The van der Waals surface area contributed by atoms with Gasteiger partial charge < -0.3 is 5.32 Å². The molecule has 0 radical (unpaired) electrons. The molecule has 0 saturated heterocycles. The first-order chi connectivity index (χ1) is 8.79. The van der Waals surface area contributed by atoms with Crippen molar-refractivity contribution in [3.63, 3.8) is 0 Å². The third-order valence-corrected chi connectivity index (χ3v) is 3.85. The molecule has 0 saturated carbocycles. The average Bonchev–Trinajstić information content (AvgIpc) is 2.84. The van der Waals surface area contributed by atoms with Crippen LogP contribution >= 0.6 is 11.3 Å². The van der Waals surface area contributed by atoms with Gasteiger partial charge >= 0.3 is 0 Å². The fourth-order valence-electron chi connectivity index (χ4n) is 1.86. The monoisotopic (exact) mass is 256 g/mol. The van der Waals surface area contributed by atoms with E-state index in [2.05, 4.69) is 42.6 Å². The number of aryl methyl sites for hydroxylation is 1. The van der Waals surface area contributed by atoms with Crippen LogP contribution in [0.5, 0.6) is 0 Å². The highest BCUT2D eigenvalue weighted by Crippen LogP contribution is 2.13. The van der Waals surface area contributed by atoms with Gasteiger partial charge in [0, 0.05) is 16.8 Å². The molecule has 0 spiro atoms. The quantitative estimate of drug-likeness (QED) is 0.833. The van der Waals surface area contributed by atoms with E-state index in [9.17, 15) is 0 Å². The minimum Gasteiger partial charge on any atom is -0.312 e. The summed E-state index contributed by atoms with van der Waals surface area (Å²) >= 11 is 1.64. The van der Waals surface area contributed by atoms with E-state index in [0.29, 0.717) is 0 Å². The molecular formula is C15H16N2S. The van der Waals surface area contributed by atoms with Crippen LogP contribution in [0.1, 0.15) is 21.6 Å². The highest BCUT2D eigenvalue weighted by Gasteiger charge is 1.99. The van der Waals surface area contributed by atoms with Crippen LogP contribution in [0.3, 0.4) is 0 Å². The molecule has 2 aromatic rings. The van der Waals surface area contributed by atoms with Crippen molar-refractivity contribution in [3.8, 4) is 6.07 Å². The number of thiophene rings is 1. The molecule has 0 atom stereocenters. The molecule has 1 N–H and O–H groups in total. The molecule has 18 heavy (non-hydrogen) atoms. The lowest BCUT2D eigenvalue weighted by molar-refractivity contribution is 0.692. The average molecular weight is 256 g/mol. The summed E-state index contributed by atoms with van der Waals surface area (Å²) in [6, 6.07) is 12.6. The van der Waals surface area contributed by atoms with Crippen molar-refractivity contribution in [1.82, 2.24) is 5.32 Å². The van der Waals surface area contributed by atoms with Crippen LogP contribution in [-0.2, 0) is 13.0 Å². The van der Waals surface area contributed by atoms with E-state index < -0.39 is 0 Å². The standard InChI is InChI=1S/C15H16N2S/c1-12-4-2-3-5-14(12)6-7-17-10-15-8-13(9-16)11-18-15/h2-5,8,11,17H,6-7,10H2,1H3. The van der Waals surface area contributed by atoms with Crippen molar-refractivity contribution in [2.45, 2.75) is 19.9 Å². The van der Waals surface area contributed by atoms with Gasteiger partial charge in [-0.05, 0) is 37.1 Å². The molecule has 1 aromatic heterocycles. The second kappa shape index (κ2) is 6.34. The fourth-order valence-corrected chi connectivity index (χ4v) is 2.64. The van der Waals surface area contributed by atoms with Crippen molar-refractivity contribution >= 4 is 11.3 Å². The van der Waals surface area contributed by atoms with Gasteiger partial charge in [-0.25, -0.2) is 0 Å². The third kappa shape index (κ3) is 3.43. The number of hydrogen-bond donors (Lipinski definition) is 1. The van der Waals surface area contributed by atoms with Crippen molar-refractivity contribution in [2.75, 3.05) is 6.54 Å². The largest absolute Gasteiger partial charge is 0.312 e. The number of nitrogens with zero attached hydrogens (tertiary/aromatic N) is 1. The van der Waals surface area contributed by atoms with Crippen molar-refractivity contribution in [2.24, 2.45) is 0 Å². The Bertz CT molecular complexity index is 552. The summed E-state index contributed by atoms with van der Waals surface area (Å²) in [6.45, 7) is 3.96. The molecule has 92 valence electrons. The smallest absolute Gasteiger partial charge is 0.100 e. The molecule has 0 aliphatic carbocycles. The van der Waals surface area contributed by atoms with Gasteiger partial charge in [-0.3, -0.25) is 0 Å². The first-order valence-electron chi connectivity index (χ1n) is 6.02. The highest BCUT2D eigenvalue weighted by atomic mass is 32.1. The van der Waals surface area contributed by atoms with Gasteiger partial charge in [-0.2, -0.15) is 5.26 Å². The Hall–Kier alpha value is -1.63. The zero-order chi connectivity index (χ0) is 12.8. The van der Waals surface area contributed by atoms with E-state index in [0.717, 1.165) is 25.1 Å². The van der Waals surface area contributed by atoms with Crippen molar-refractivity contribution in [3.05, 3.63) is 57.3 Å². The van der Waals surface area contributed by atoms with Gasteiger partial charge in [0.05, 0.1) is 5.56 Å². The summed E-state index contributed by atoms with van der Waals surface area (Å²) in [4.78, 5) is 1.22. The minimum atomic E-state index is 0.760. The Morgan fingerprint density at radius 2 is 2.17 bits per heavy atom. The summed E-state index contributed by atoms with van der Waals surface area (Å²) in [7, 11) is 0. The third-order valence-electron chi connectivity index (χ3n) is 2.91. The second-order valence-electron chi connectivity index (χ2n) is 4.27. The van der Waals surface area contributed by atoms with E-state index >= 15 is 0 Å². The van der Waals surface area contributed by atoms with Gasteiger partial charge in [0.15, 0.2) is 0 Å². The normalized spacial score (nSPS) is 10.2. The Balaban J connectivity index is 1.77. The van der Waals surface area contributed by atoms with Crippen molar-refractivity contribution < 1.29 is 0 Å². The van der Waals surface area contributed by atoms with Gasteiger partial charge in [0.25, 0.3) is 0 Å². The Morgan fingerprint density at radius 3 is 2.89 bits per heavy atom. The number of hydrogen-bond acceptors (Lipinski definition) is 3. The van der Waals surface area contributed by atoms with Crippen LogP contribution in [0, 0.1) is 18.3 Å². The van der Waals surface area contributed by atoms with Crippen LogP contribution in [-0.4, -0.2) is 6.54 Å². The van der Waals surface area contributed by atoms with Gasteiger partial charge in [-0.1, -0.05) is 24.3 Å². The molecule has 0 aliphatic rings. The lowest BCUT2D eigenvalue weighted by Crippen LogP contribution is -2.16. The van der Waals surface area contributed by atoms with Gasteiger partial charge in [0.2, 0.25) is 0 Å². The van der Waals surface area contributed by atoms with Crippen LogP contribution in [0.25, 0.3) is 0 Å². The molecule has 0 bridgehead atoms. The maximum atomic E-state index is 8.74. The van der Waals surface area contributed by atoms with Crippen LogP contribution in [0.4, 0.5) is 0 Å². The van der Waals surface area contributed by atoms with E-state index in [1.807, 2.05) is 11.4 Å². The van der Waals surface area contributed by atoms with E-state index in [4.69, 9.17) is 5.26 Å². The summed E-state index contributed by atoms with van der Waals surface area (Å²) < 4.78 is 0. The lowest BCUT2D eigenvalue weighted by Gasteiger charge is -2.06. The molecule has 0 fully saturated rings. The van der Waals surface area contributed by atoms with E-state index in [1.54, 1.807) is 11.3 Å². The summed E-state index contributed by atoms with van der Waals surface area (Å²) in [5.74, 6) is 0. The first-order valence-corrected chi connectivity index (χ1v) is 6.90. The maximum absolute atomic E-state index is 8.74. The van der Waals surface area contributed by atoms with Gasteiger partial charge in [0.1, 0.15) is 6.07 Å². The Morgan fingerprint density at radius 1 is 1.33 bits per heavy atom. The minimum absolute atomic E-state index is 0.760. The first kappa shape index (κ1) is 12.8. The van der Waals surface area contributed by atoms with E-state index in [1.165, 1.54) is 16.0 Å². The van der Waals surface area contributed by atoms with Crippen LogP contribution in [0.2, 0.25) is 0 Å². The molecule has 0 unspecified atom stereocenters.